The van der Waals surface area contributed by atoms with Gasteiger partial charge in [0.2, 0.25) is 0 Å². The Morgan fingerprint density at radius 1 is 0.329 bits per heavy atom. The van der Waals surface area contributed by atoms with Crippen LogP contribution in [0.25, 0.3) is 0 Å². The quantitative estimate of drug-likeness (QED) is 0.0222. The number of esters is 4. The minimum atomic E-state index is -4.95. The lowest BCUT2D eigenvalue weighted by Gasteiger charge is -2.21. The van der Waals surface area contributed by atoms with E-state index in [0.717, 1.165) is 114 Å². The number of aliphatic hydroxyl groups excluding tert-OH is 1. The Bertz CT molecular complexity index is 1700. The molecule has 0 fully saturated rings. The lowest BCUT2D eigenvalue weighted by Crippen LogP contribution is -2.30. The number of hydrogen-bond acceptors (Lipinski definition) is 15. The number of aliphatic hydroxyl groups is 1. The molecular formula is C66H128O17P2. The van der Waals surface area contributed by atoms with Gasteiger partial charge in [0.15, 0.2) is 12.2 Å². The van der Waals surface area contributed by atoms with Gasteiger partial charge in [-0.15, -0.1) is 0 Å². The molecule has 17 nitrogen and oxygen atoms in total. The van der Waals surface area contributed by atoms with Crippen LogP contribution in [0.15, 0.2) is 0 Å². The summed E-state index contributed by atoms with van der Waals surface area (Å²) < 4.78 is 68.1. The molecule has 0 aliphatic carbocycles. The van der Waals surface area contributed by atoms with Gasteiger partial charge in [0, 0.05) is 25.7 Å². The van der Waals surface area contributed by atoms with Crippen LogP contribution in [0.1, 0.15) is 319 Å². The molecule has 85 heavy (non-hydrogen) atoms. The van der Waals surface area contributed by atoms with Gasteiger partial charge in [0.1, 0.15) is 19.3 Å². The highest BCUT2D eigenvalue weighted by Crippen LogP contribution is 2.45. The van der Waals surface area contributed by atoms with Crippen LogP contribution in [-0.2, 0) is 65.4 Å². The predicted octanol–water partition coefficient (Wildman–Crippen LogP) is 18.1. The Labute approximate surface area is 517 Å². The van der Waals surface area contributed by atoms with Crippen LogP contribution in [0.3, 0.4) is 0 Å². The second kappa shape index (κ2) is 56.1. The van der Waals surface area contributed by atoms with Crippen molar-refractivity contribution in [1.82, 2.24) is 0 Å². The van der Waals surface area contributed by atoms with E-state index in [1.165, 1.54) is 116 Å². The summed E-state index contributed by atoms with van der Waals surface area (Å²) in [7, 11) is -9.89. The predicted molar refractivity (Wildman–Crippen MR) is 340 cm³/mol. The van der Waals surface area contributed by atoms with Gasteiger partial charge < -0.3 is 33.8 Å². The van der Waals surface area contributed by atoms with E-state index in [2.05, 4.69) is 55.4 Å². The van der Waals surface area contributed by atoms with Gasteiger partial charge in [-0.25, -0.2) is 9.13 Å². The SMILES string of the molecule is CCC(C)CCCCCCCCC(=O)OC[C@H](COP(=O)(O)OC[C@H](O)COP(=O)(O)OC[C@@H](COC(=O)CCCCCCCCCCCCC(C)C)OC(=O)CCCCCCCCCCCC(C)C)OC(=O)CCCCCCCCCC(C)C. The van der Waals surface area contributed by atoms with Gasteiger partial charge in [-0.2, -0.15) is 0 Å². The Hall–Kier alpha value is -1.94. The Morgan fingerprint density at radius 2 is 0.565 bits per heavy atom. The van der Waals surface area contributed by atoms with E-state index in [1.807, 2.05) is 0 Å². The van der Waals surface area contributed by atoms with Gasteiger partial charge in [-0.1, -0.05) is 267 Å². The summed E-state index contributed by atoms with van der Waals surface area (Å²) in [6, 6.07) is 0. The van der Waals surface area contributed by atoms with Crippen molar-refractivity contribution in [3.8, 4) is 0 Å². The van der Waals surface area contributed by atoms with Crippen LogP contribution < -0.4 is 0 Å². The molecule has 0 amide bonds. The van der Waals surface area contributed by atoms with Crippen molar-refractivity contribution >= 4 is 39.5 Å². The first-order valence-electron chi connectivity index (χ1n) is 34.2. The molecule has 0 radical (unpaired) electrons. The van der Waals surface area contributed by atoms with E-state index < -0.39 is 97.5 Å². The summed E-state index contributed by atoms with van der Waals surface area (Å²) in [5, 5.41) is 10.5. The molecule has 0 saturated heterocycles. The molecule has 3 N–H and O–H groups in total. The number of carbonyl (C=O) groups is 4. The van der Waals surface area contributed by atoms with E-state index in [1.54, 1.807) is 0 Å². The van der Waals surface area contributed by atoms with Gasteiger partial charge in [0.25, 0.3) is 0 Å². The number of unbranched alkanes of at least 4 members (excludes halogenated alkanes) is 28. The number of carbonyl (C=O) groups excluding carboxylic acids is 4. The lowest BCUT2D eigenvalue weighted by atomic mass is 10.00. The van der Waals surface area contributed by atoms with E-state index in [9.17, 15) is 43.2 Å². The fraction of sp³-hybridized carbons (Fsp3) is 0.939. The Kier molecular flexibility index (Phi) is 54.8. The highest BCUT2D eigenvalue weighted by molar-refractivity contribution is 7.47. The van der Waals surface area contributed by atoms with E-state index in [4.69, 9.17) is 37.0 Å². The van der Waals surface area contributed by atoms with Crippen LogP contribution in [-0.4, -0.2) is 96.7 Å². The summed E-state index contributed by atoms with van der Waals surface area (Å²) in [6.45, 7) is 14.0. The summed E-state index contributed by atoms with van der Waals surface area (Å²) in [6.07, 6.45) is 36.3. The van der Waals surface area contributed by atoms with Crippen LogP contribution in [0.2, 0.25) is 0 Å². The van der Waals surface area contributed by atoms with E-state index >= 15 is 0 Å². The van der Waals surface area contributed by atoms with Gasteiger partial charge in [0.05, 0.1) is 26.4 Å². The van der Waals surface area contributed by atoms with Crippen LogP contribution in [0.5, 0.6) is 0 Å². The molecule has 0 aliphatic rings. The maximum Gasteiger partial charge on any atom is 0.472 e. The molecule has 6 atom stereocenters. The van der Waals surface area contributed by atoms with Crippen LogP contribution >= 0.6 is 15.6 Å². The average molecular weight is 1260 g/mol. The minimum Gasteiger partial charge on any atom is -0.462 e. The normalized spacial score (nSPS) is 14.7. The molecule has 0 aromatic heterocycles. The highest BCUT2D eigenvalue weighted by Gasteiger charge is 2.30. The largest absolute Gasteiger partial charge is 0.472 e. The lowest BCUT2D eigenvalue weighted by molar-refractivity contribution is -0.161. The fourth-order valence-corrected chi connectivity index (χ4v) is 11.3. The molecule has 504 valence electrons. The van der Waals surface area contributed by atoms with Crippen molar-refractivity contribution in [2.75, 3.05) is 39.6 Å². The van der Waals surface area contributed by atoms with E-state index in [-0.39, 0.29) is 25.7 Å². The molecule has 0 spiro atoms. The first-order chi connectivity index (χ1) is 40.6. The van der Waals surface area contributed by atoms with Crippen molar-refractivity contribution in [3.63, 3.8) is 0 Å². The number of rotatable bonds is 63. The van der Waals surface area contributed by atoms with E-state index in [0.29, 0.717) is 31.6 Å². The van der Waals surface area contributed by atoms with Crippen molar-refractivity contribution in [2.45, 2.75) is 337 Å². The van der Waals surface area contributed by atoms with Crippen molar-refractivity contribution in [2.24, 2.45) is 23.7 Å². The highest BCUT2D eigenvalue weighted by atomic mass is 31.2. The zero-order chi connectivity index (χ0) is 63.2. The van der Waals surface area contributed by atoms with Crippen molar-refractivity contribution in [1.29, 1.82) is 0 Å². The van der Waals surface area contributed by atoms with Crippen molar-refractivity contribution < 1.29 is 80.2 Å². The number of hydrogen-bond donors (Lipinski definition) is 3. The minimum absolute atomic E-state index is 0.102. The second-order valence-corrected chi connectivity index (χ2v) is 28.4. The molecular weight excluding hydrogens is 1130 g/mol. The standard InChI is InChI=1S/C66H128O17P2/c1-9-59(8)45-37-29-24-25-31-39-47-64(69)77-53-62(83-66(71)49-41-33-23-17-20-28-36-44-58(6)7)55-81-85(74,75)79-51-60(67)50-78-84(72,73)80-54-61(82-65(70)48-40-32-22-16-12-14-19-27-35-43-57(4)5)52-76-63(68)46-38-30-21-15-11-10-13-18-26-34-42-56(2)3/h56-62,67H,9-55H2,1-8H3,(H,72,73)(H,74,75)/t59?,60-,61-,62-/m1/s1. The fourth-order valence-electron chi connectivity index (χ4n) is 9.75. The molecule has 19 heteroatoms. The topological polar surface area (TPSA) is 237 Å². The Balaban J connectivity index is 5.26. The molecule has 0 aliphatic heterocycles. The third-order valence-electron chi connectivity index (χ3n) is 15.4. The number of phosphoric acid groups is 2. The summed E-state index contributed by atoms with van der Waals surface area (Å²) in [5.41, 5.74) is 0. The summed E-state index contributed by atoms with van der Waals surface area (Å²) in [4.78, 5) is 72.3. The second-order valence-electron chi connectivity index (χ2n) is 25.5. The molecule has 0 aromatic carbocycles. The molecule has 0 rings (SSSR count). The zero-order valence-corrected chi connectivity index (χ0v) is 57.0. The monoisotopic (exact) mass is 1250 g/mol. The number of phosphoric ester groups is 2. The van der Waals surface area contributed by atoms with Crippen LogP contribution in [0.4, 0.5) is 0 Å². The van der Waals surface area contributed by atoms with Gasteiger partial charge in [-0.3, -0.25) is 37.3 Å². The first-order valence-corrected chi connectivity index (χ1v) is 37.2. The summed E-state index contributed by atoms with van der Waals surface area (Å²) >= 11 is 0. The van der Waals surface area contributed by atoms with Crippen LogP contribution in [0, 0.1) is 23.7 Å². The molecule has 3 unspecified atom stereocenters. The zero-order valence-electron chi connectivity index (χ0n) is 55.2. The molecule has 0 aromatic rings. The first kappa shape index (κ1) is 83.1. The molecule has 0 heterocycles. The maximum atomic E-state index is 13.0. The van der Waals surface area contributed by atoms with Gasteiger partial charge in [-0.05, 0) is 49.4 Å². The smallest absolute Gasteiger partial charge is 0.462 e. The average Bonchev–Trinajstić information content (AvgIpc) is 3.48. The maximum absolute atomic E-state index is 13.0. The van der Waals surface area contributed by atoms with Gasteiger partial charge >= 0.3 is 39.5 Å². The number of ether oxygens (including phenoxy) is 4. The van der Waals surface area contributed by atoms with Crippen molar-refractivity contribution in [3.05, 3.63) is 0 Å². The summed E-state index contributed by atoms with van der Waals surface area (Å²) in [5.74, 6) is 0.783. The molecule has 0 bridgehead atoms. The third-order valence-corrected chi connectivity index (χ3v) is 17.3. The Morgan fingerprint density at radius 3 is 0.835 bits per heavy atom. The third kappa shape index (κ3) is 59.5. The molecule has 0 saturated carbocycles.